The molecule has 2 aliphatic heterocycles. The summed E-state index contributed by atoms with van der Waals surface area (Å²) in [5, 5.41) is 0. The summed E-state index contributed by atoms with van der Waals surface area (Å²) in [4.78, 5) is 12.3. The van der Waals surface area contributed by atoms with E-state index in [-0.39, 0.29) is 18.0 Å². The van der Waals surface area contributed by atoms with Gasteiger partial charge < -0.3 is 4.74 Å². The van der Waals surface area contributed by atoms with Crippen LogP contribution in [-0.2, 0) is 9.53 Å². The Hall–Kier alpha value is -0.530. The van der Waals surface area contributed by atoms with Crippen molar-refractivity contribution in [3.63, 3.8) is 0 Å². The first-order valence-corrected chi connectivity index (χ1v) is 8.60. The van der Waals surface area contributed by atoms with Gasteiger partial charge in [-0.1, -0.05) is 20.8 Å². The fourth-order valence-electron chi connectivity index (χ4n) is 7.17. The van der Waals surface area contributed by atoms with E-state index in [0.29, 0.717) is 22.7 Å². The Labute approximate surface area is 121 Å². The van der Waals surface area contributed by atoms with Crippen molar-refractivity contribution in [3.05, 3.63) is 0 Å². The number of hydrogen-bond donors (Lipinski definition) is 0. The van der Waals surface area contributed by atoms with Crippen molar-refractivity contribution < 1.29 is 9.53 Å². The summed E-state index contributed by atoms with van der Waals surface area (Å²) in [6.45, 7) is 7.33. The number of fused-ring (bicyclic) bond motifs is 1. The number of ether oxygens (including phenoxy) is 1. The monoisotopic (exact) mass is 274 g/mol. The van der Waals surface area contributed by atoms with Gasteiger partial charge in [-0.05, 0) is 72.5 Å². The zero-order valence-corrected chi connectivity index (χ0v) is 12.9. The minimum absolute atomic E-state index is 0.151. The van der Waals surface area contributed by atoms with E-state index >= 15 is 0 Å². The minimum Gasteiger partial charge on any atom is -0.462 e. The Kier molecular flexibility index (Phi) is 1.98. The van der Waals surface area contributed by atoms with E-state index in [1.54, 1.807) is 0 Å². The fourth-order valence-corrected chi connectivity index (χ4v) is 7.17. The van der Waals surface area contributed by atoms with Crippen LogP contribution in [0.25, 0.3) is 0 Å². The molecule has 2 heterocycles. The highest BCUT2D eigenvalue weighted by Crippen LogP contribution is 2.73. The van der Waals surface area contributed by atoms with Gasteiger partial charge in [-0.15, -0.1) is 0 Å². The Morgan fingerprint density at radius 1 is 0.950 bits per heavy atom. The van der Waals surface area contributed by atoms with Crippen molar-refractivity contribution >= 4 is 5.97 Å². The normalized spacial score (nSPS) is 59.0. The van der Waals surface area contributed by atoms with Gasteiger partial charge in [0.2, 0.25) is 0 Å². The predicted octanol–water partition coefficient (Wildman–Crippen LogP) is 3.65. The molecular formula is C18H26O2. The molecule has 110 valence electrons. The van der Waals surface area contributed by atoms with Crippen LogP contribution in [0.4, 0.5) is 0 Å². The van der Waals surface area contributed by atoms with E-state index in [0.717, 1.165) is 30.6 Å². The van der Waals surface area contributed by atoms with E-state index in [1.165, 1.54) is 19.3 Å². The topological polar surface area (TPSA) is 26.3 Å². The molecule has 0 radical (unpaired) electrons. The van der Waals surface area contributed by atoms with Crippen molar-refractivity contribution in [1.82, 2.24) is 0 Å². The second-order valence-corrected chi connectivity index (χ2v) is 9.53. The molecule has 0 aromatic heterocycles. The summed E-state index contributed by atoms with van der Waals surface area (Å²) in [6, 6.07) is 0. The maximum atomic E-state index is 12.3. The molecule has 2 nitrogen and oxygen atoms in total. The molecule has 0 aromatic carbocycles. The third-order valence-electron chi connectivity index (χ3n) is 8.21. The van der Waals surface area contributed by atoms with Gasteiger partial charge in [0, 0.05) is 0 Å². The lowest BCUT2D eigenvalue weighted by Crippen LogP contribution is -2.65. The standard InChI is InChI=1S/C18H26O2/c1-17(2,3)18-6-12-10-4-9-5-11(12)14(8-18)15(13(10)7-18)20-16(9)19/h9-15H,4-8H2,1-3H3. The van der Waals surface area contributed by atoms with Gasteiger partial charge in [0.15, 0.2) is 0 Å². The van der Waals surface area contributed by atoms with Gasteiger partial charge in [-0.25, -0.2) is 0 Å². The lowest BCUT2D eigenvalue weighted by atomic mass is 9.35. The Morgan fingerprint density at radius 2 is 1.50 bits per heavy atom. The molecule has 5 saturated carbocycles. The molecule has 8 bridgehead atoms. The number of carbonyl (C=O) groups excluding carboxylic acids is 1. The van der Waals surface area contributed by atoms with Gasteiger partial charge in [-0.3, -0.25) is 4.79 Å². The molecule has 2 heteroatoms. The maximum absolute atomic E-state index is 12.3. The number of hydrogen-bond acceptors (Lipinski definition) is 2. The Bertz CT molecular complexity index is 464. The first kappa shape index (κ1) is 12.1. The highest BCUT2D eigenvalue weighted by atomic mass is 16.5. The van der Waals surface area contributed by atoms with Crippen molar-refractivity contribution in [2.75, 3.05) is 0 Å². The van der Waals surface area contributed by atoms with E-state index in [1.807, 2.05) is 0 Å². The fraction of sp³-hybridized carbons (Fsp3) is 0.944. The number of rotatable bonds is 0. The van der Waals surface area contributed by atoms with Crippen molar-refractivity contribution in [3.8, 4) is 0 Å². The van der Waals surface area contributed by atoms with Crippen molar-refractivity contribution in [2.45, 2.75) is 59.0 Å². The Balaban J connectivity index is 1.64. The Morgan fingerprint density at radius 3 is 2.05 bits per heavy atom. The lowest BCUT2D eigenvalue weighted by Gasteiger charge is -2.69. The summed E-state index contributed by atoms with van der Waals surface area (Å²) in [7, 11) is 0. The molecule has 0 N–H and O–H groups in total. The summed E-state index contributed by atoms with van der Waals surface area (Å²) >= 11 is 0. The quantitative estimate of drug-likeness (QED) is 0.630. The number of esters is 1. The highest BCUT2D eigenvalue weighted by Gasteiger charge is 2.69. The molecule has 20 heavy (non-hydrogen) atoms. The minimum atomic E-state index is 0.151. The zero-order chi connectivity index (χ0) is 13.9. The van der Waals surface area contributed by atoms with E-state index in [2.05, 4.69) is 20.8 Å². The summed E-state index contributed by atoms with van der Waals surface area (Å²) in [5.74, 6) is 4.31. The smallest absolute Gasteiger partial charge is 0.309 e. The van der Waals surface area contributed by atoms with Crippen LogP contribution < -0.4 is 0 Å². The van der Waals surface area contributed by atoms with Crippen molar-refractivity contribution in [2.24, 2.45) is 46.3 Å². The van der Waals surface area contributed by atoms with E-state index in [9.17, 15) is 4.79 Å². The van der Waals surface area contributed by atoms with Gasteiger partial charge in [0.05, 0.1) is 5.92 Å². The van der Waals surface area contributed by atoms with Gasteiger partial charge in [0.25, 0.3) is 0 Å². The van der Waals surface area contributed by atoms with Crippen LogP contribution in [0.15, 0.2) is 0 Å². The largest absolute Gasteiger partial charge is 0.462 e. The molecular weight excluding hydrogens is 248 g/mol. The second-order valence-electron chi connectivity index (χ2n) is 9.53. The SMILES string of the molecule is CC(C)(C)C12CC3C4CC5CC3C(C1)C(OC5=O)C4C2. The van der Waals surface area contributed by atoms with E-state index in [4.69, 9.17) is 4.74 Å². The van der Waals surface area contributed by atoms with Crippen LogP contribution in [0.5, 0.6) is 0 Å². The molecule has 0 aromatic rings. The molecule has 0 spiro atoms. The van der Waals surface area contributed by atoms with Gasteiger partial charge >= 0.3 is 5.97 Å². The summed E-state index contributed by atoms with van der Waals surface area (Å²) in [5.41, 5.74) is 0.930. The molecule has 0 amide bonds. The summed E-state index contributed by atoms with van der Waals surface area (Å²) in [6.07, 6.45) is 6.67. The predicted molar refractivity (Wildman–Crippen MR) is 75.8 cm³/mol. The van der Waals surface area contributed by atoms with Crippen LogP contribution in [0.2, 0.25) is 0 Å². The van der Waals surface area contributed by atoms with Crippen LogP contribution in [0.3, 0.4) is 0 Å². The molecule has 7 aliphatic rings. The molecule has 4 atom stereocenters. The third-order valence-corrected chi connectivity index (χ3v) is 8.21. The summed E-state index contributed by atoms with van der Waals surface area (Å²) < 4.78 is 5.99. The first-order chi connectivity index (χ1) is 9.40. The maximum Gasteiger partial charge on any atom is 0.309 e. The highest BCUT2D eigenvalue weighted by molar-refractivity contribution is 5.73. The average molecular weight is 274 g/mol. The third kappa shape index (κ3) is 1.18. The van der Waals surface area contributed by atoms with Crippen LogP contribution in [0.1, 0.15) is 52.9 Å². The van der Waals surface area contributed by atoms with Crippen LogP contribution in [-0.4, -0.2) is 12.1 Å². The van der Waals surface area contributed by atoms with Crippen LogP contribution >= 0.6 is 0 Å². The zero-order valence-electron chi connectivity index (χ0n) is 12.9. The lowest BCUT2D eigenvalue weighted by molar-refractivity contribution is -0.230. The van der Waals surface area contributed by atoms with Crippen LogP contribution in [0, 0.1) is 46.3 Å². The first-order valence-electron chi connectivity index (χ1n) is 8.60. The van der Waals surface area contributed by atoms with Crippen molar-refractivity contribution in [1.29, 1.82) is 0 Å². The molecule has 7 fully saturated rings. The molecule has 7 rings (SSSR count). The second kappa shape index (κ2) is 3.28. The molecule has 5 aliphatic carbocycles. The number of carbonyl (C=O) groups is 1. The van der Waals surface area contributed by atoms with Gasteiger partial charge in [0.1, 0.15) is 6.10 Å². The molecule has 2 saturated heterocycles. The van der Waals surface area contributed by atoms with E-state index < -0.39 is 0 Å². The molecule has 4 unspecified atom stereocenters. The van der Waals surface area contributed by atoms with Gasteiger partial charge in [-0.2, -0.15) is 0 Å². The average Bonchev–Trinajstić information content (AvgIpc) is 2.58.